The topological polar surface area (TPSA) is 37.8 Å². The molecule has 0 fully saturated rings. The first-order chi connectivity index (χ1) is 6.81. The highest BCUT2D eigenvalue weighted by atomic mass is 32.1. The molecule has 2 rings (SSSR count). The SMILES string of the molecule is CCNC(C)c1nc2cccnc2s1. The van der Waals surface area contributed by atoms with Crippen molar-refractivity contribution in [2.75, 3.05) is 6.54 Å². The Hall–Kier alpha value is -1.00. The summed E-state index contributed by atoms with van der Waals surface area (Å²) in [5.74, 6) is 0. The van der Waals surface area contributed by atoms with E-state index in [1.165, 1.54) is 0 Å². The summed E-state index contributed by atoms with van der Waals surface area (Å²) in [6.45, 7) is 5.19. The van der Waals surface area contributed by atoms with E-state index in [0.29, 0.717) is 6.04 Å². The predicted molar refractivity (Wildman–Crippen MR) is 59.5 cm³/mol. The highest BCUT2D eigenvalue weighted by Crippen LogP contribution is 2.23. The maximum Gasteiger partial charge on any atom is 0.143 e. The molecule has 1 unspecified atom stereocenters. The number of nitrogens with one attached hydrogen (secondary N) is 1. The molecule has 0 saturated heterocycles. The molecule has 3 nitrogen and oxygen atoms in total. The quantitative estimate of drug-likeness (QED) is 0.839. The molecule has 4 heteroatoms. The molecule has 0 aliphatic carbocycles. The van der Waals surface area contributed by atoms with Crippen molar-refractivity contribution in [1.29, 1.82) is 0 Å². The number of fused-ring (bicyclic) bond motifs is 1. The summed E-state index contributed by atoms with van der Waals surface area (Å²) >= 11 is 1.66. The van der Waals surface area contributed by atoms with Gasteiger partial charge in [-0.15, -0.1) is 0 Å². The average Bonchev–Trinajstić information content (AvgIpc) is 2.61. The highest BCUT2D eigenvalue weighted by molar-refractivity contribution is 7.18. The van der Waals surface area contributed by atoms with Crippen LogP contribution in [0.25, 0.3) is 10.3 Å². The molecule has 0 saturated carbocycles. The van der Waals surface area contributed by atoms with Gasteiger partial charge in [0.2, 0.25) is 0 Å². The van der Waals surface area contributed by atoms with Crippen LogP contribution in [0.5, 0.6) is 0 Å². The molecule has 0 aliphatic rings. The number of nitrogens with zero attached hydrogens (tertiary/aromatic N) is 2. The fourth-order valence-corrected chi connectivity index (χ4v) is 2.30. The molecule has 1 N–H and O–H groups in total. The molecule has 2 aromatic rings. The zero-order valence-electron chi connectivity index (χ0n) is 8.32. The second-order valence-electron chi connectivity index (χ2n) is 3.16. The Kier molecular flexibility index (Phi) is 2.74. The summed E-state index contributed by atoms with van der Waals surface area (Å²) in [5, 5.41) is 4.45. The fourth-order valence-electron chi connectivity index (χ4n) is 1.37. The third kappa shape index (κ3) is 1.76. The van der Waals surface area contributed by atoms with E-state index in [1.54, 1.807) is 11.3 Å². The first-order valence-electron chi connectivity index (χ1n) is 4.76. The molecular formula is C10H13N3S. The van der Waals surface area contributed by atoms with Crippen molar-refractivity contribution in [3.8, 4) is 0 Å². The summed E-state index contributed by atoms with van der Waals surface area (Å²) in [6, 6.07) is 4.24. The van der Waals surface area contributed by atoms with Crippen LogP contribution < -0.4 is 5.32 Å². The second-order valence-corrected chi connectivity index (χ2v) is 4.17. The molecule has 0 bridgehead atoms. The number of hydrogen-bond acceptors (Lipinski definition) is 4. The minimum atomic E-state index is 0.319. The molecule has 0 aliphatic heterocycles. The van der Waals surface area contributed by atoms with Crippen molar-refractivity contribution in [3.63, 3.8) is 0 Å². The van der Waals surface area contributed by atoms with Gasteiger partial charge in [-0.1, -0.05) is 18.3 Å². The van der Waals surface area contributed by atoms with Crippen molar-refractivity contribution in [2.24, 2.45) is 0 Å². The van der Waals surface area contributed by atoms with Gasteiger partial charge in [0.25, 0.3) is 0 Å². The third-order valence-electron chi connectivity index (χ3n) is 2.06. The third-order valence-corrected chi connectivity index (χ3v) is 3.23. The normalized spacial score (nSPS) is 13.3. The Balaban J connectivity index is 2.35. The molecular weight excluding hydrogens is 194 g/mol. The first kappa shape index (κ1) is 9.55. The molecule has 0 amide bonds. The molecule has 2 aromatic heterocycles. The van der Waals surface area contributed by atoms with Crippen molar-refractivity contribution < 1.29 is 0 Å². The van der Waals surface area contributed by atoms with E-state index >= 15 is 0 Å². The largest absolute Gasteiger partial charge is 0.308 e. The second kappa shape index (κ2) is 4.02. The number of aromatic nitrogens is 2. The van der Waals surface area contributed by atoms with E-state index in [9.17, 15) is 0 Å². The van der Waals surface area contributed by atoms with Crippen LogP contribution in [-0.2, 0) is 0 Å². The van der Waals surface area contributed by atoms with Crippen LogP contribution >= 0.6 is 11.3 Å². The van der Waals surface area contributed by atoms with E-state index in [2.05, 4.69) is 29.1 Å². The predicted octanol–water partition coefficient (Wildman–Crippen LogP) is 2.36. The standard InChI is InChI=1S/C10H13N3S/c1-3-11-7(2)9-13-8-5-4-6-12-10(8)14-9/h4-7,11H,3H2,1-2H3. The van der Waals surface area contributed by atoms with Crippen molar-refractivity contribution in [3.05, 3.63) is 23.3 Å². The molecule has 0 spiro atoms. The smallest absolute Gasteiger partial charge is 0.143 e. The van der Waals surface area contributed by atoms with Gasteiger partial charge < -0.3 is 5.32 Å². The Labute approximate surface area is 87.2 Å². The minimum absolute atomic E-state index is 0.319. The van der Waals surface area contributed by atoms with Crippen LogP contribution in [0.2, 0.25) is 0 Å². The zero-order chi connectivity index (χ0) is 9.97. The summed E-state index contributed by atoms with van der Waals surface area (Å²) in [6.07, 6.45) is 1.81. The lowest BCUT2D eigenvalue weighted by molar-refractivity contribution is 0.596. The van der Waals surface area contributed by atoms with Gasteiger partial charge in [0.15, 0.2) is 0 Å². The maximum atomic E-state index is 4.52. The zero-order valence-corrected chi connectivity index (χ0v) is 9.14. The van der Waals surface area contributed by atoms with Gasteiger partial charge in [-0.2, -0.15) is 0 Å². The van der Waals surface area contributed by atoms with Crippen LogP contribution in [0.1, 0.15) is 24.9 Å². The summed E-state index contributed by atoms with van der Waals surface area (Å²) in [4.78, 5) is 9.82. The van der Waals surface area contributed by atoms with E-state index in [1.807, 2.05) is 18.3 Å². The van der Waals surface area contributed by atoms with Crippen molar-refractivity contribution in [1.82, 2.24) is 15.3 Å². The lowest BCUT2D eigenvalue weighted by Crippen LogP contribution is -2.17. The lowest BCUT2D eigenvalue weighted by Gasteiger charge is -2.06. The van der Waals surface area contributed by atoms with E-state index in [4.69, 9.17) is 0 Å². The van der Waals surface area contributed by atoms with Gasteiger partial charge in [0.1, 0.15) is 15.4 Å². The highest BCUT2D eigenvalue weighted by Gasteiger charge is 2.09. The Morgan fingerprint density at radius 3 is 3.14 bits per heavy atom. The van der Waals surface area contributed by atoms with Crippen LogP contribution in [0, 0.1) is 0 Å². The van der Waals surface area contributed by atoms with E-state index < -0.39 is 0 Å². The fraction of sp³-hybridized carbons (Fsp3) is 0.400. The summed E-state index contributed by atoms with van der Waals surface area (Å²) < 4.78 is 0. The van der Waals surface area contributed by atoms with Crippen LogP contribution in [0.3, 0.4) is 0 Å². The van der Waals surface area contributed by atoms with Crippen molar-refractivity contribution in [2.45, 2.75) is 19.9 Å². The molecule has 14 heavy (non-hydrogen) atoms. The van der Waals surface area contributed by atoms with E-state index in [-0.39, 0.29) is 0 Å². The Morgan fingerprint density at radius 2 is 2.43 bits per heavy atom. The van der Waals surface area contributed by atoms with Gasteiger partial charge in [-0.25, -0.2) is 9.97 Å². The molecule has 0 radical (unpaired) electrons. The number of hydrogen-bond donors (Lipinski definition) is 1. The van der Waals surface area contributed by atoms with E-state index in [0.717, 1.165) is 21.9 Å². The number of pyridine rings is 1. The van der Waals surface area contributed by atoms with Crippen LogP contribution in [-0.4, -0.2) is 16.5 Å². The van der Waals surface area contributed by atoms with Gasteiger partial charge in [-0.05, 0) is 25.6 Å². The minimum Gasteiger partial charge on any atom is -0.308 e. The van der Waals surface area contributed by atoms with Gasteiger partial charge in [0.05, 0.1) is 6.04 Å². The Bertz CT molecular complexity index is 391. The molecule has 1 atom stereocenters. The number of rotatable bonds is 3. The maximum absolute atomic E-state index is 4.52. The summed E-state index contributed by atoms with van der Waals surface area (Å²) in [5.41, 5.74) is 0.997. The number of thiazole rings is 1. The lowest BCUT2D eigenvalue weighted by atomic mass is 10.3. The van der Waals surface area contributed by atoms with Gasteiger partial charge in [0, 0.05) is 6.20 Å². The molecule has 2 heterocycles. The molecule has 74 valence electrons. The Morgan fingerprint density at radius 1 is 1.57 bits per heavy atom. The average molecular weight is 207 g/mol. The summed E-state index contributed by atoms with van der Waals surface area (Å²) in [7, 11) is 0. The molecule has 0 aromatic carbocycles. The monoisotopic (exact) mass is 207 g/mol. The van der Waals surface area contributed by atoms with Gasteiger partial charge >= 0.3 is 0 Å². The van der Waals surface area contributed by atoms with Crippen LogP contribution in [0.15, 0.2) is 18.3 Å². The van der Waals surface area contributed by atoms with Gasteiger partial charge in [-0.3, -0.25) is 0 Å². The van der Waals surface area contributed by atoms with Crippen LogP contribution in [0.4, 0.5) is 0 Å². The van der Waals surface area contributed by atoms with Crippen molar-refractivity contribution >= 4 is 21.7 Å². The first-order valence-corrected chi connectivity index (χ1v) is 5.57.